The molecule has 0 saturated carbocycles. The van der Waals surface area contributed by atoms with Gasteiger partial charge in [0.15, 0.2) is 0 Å². The molecule has 0 unspecified atom stereocenters. The molecule has 0 bridgehead atoms. The molecule has 0 spiro atoms. The number of hydrogen-bond donors (Lipinski definition) is 0. The number of hydrogen-bond acceptors (Lipinski definition) is 1. The molecule has 0 N–H and O–H groups in total. The molecule has 0 aromatic heterocycles. The Morgan fingerprint density at radius 2 is 1.40 bits per heavy atom. The van der Waals surface area contributed by atoms with Crippen LogP contribution in [0.4, 0.5) is 0 Å². The van der Waals surface area contributed by atoms with Crippen molar-refractivity contribution < 1.29 is 4.74 Å². The summed E-state index contributed by atoms with van der Waals surface area (Å²) < 4.78 is 6.00. The molecule has 0 heterocycles. The molecule has 2 aromatic carbocycles. The highest BCUT2D eigenvalue weighted by molar-refractivity contribution is 6.86. The number of para-hydroxylation sites is 1. The van der Waals surface area contributed by atoms with Crippen molar-refractivity contribution >= 4 is 17.6 Å². The average Bonchev–Trinajstić information content (AvgIpc) is 2.41. The van der Waals surface area contributed by atoms with Crippen molar-refractivity contribution in [1.82, 2.24) is 0 Å². The van der Waals surface area contributed by atoms with Crippen LogP contribution in [0.5, 0.6) is 5.75 Å². The molecular weight excluding hydrogens is 243 g/mol. The zero-order valence-electron chi connectivity index (χ0n) is 12.8. The summed E-state index contributed by atoms with van der Waals surface area (Å²) in [6, 6.07) is 19.1. The van der Waals surface area contributed by atoms with E-state index in [0.29, 0.717) is 12.5 Å². The first-order valence-electron chi connectivity index (χ1n) is 7.40. The van der Waals surface area contributed by atoms with E-state index in [1.807, 2.05) is 6.07 Å². The first-order valence-corrected chi connectivity index (χ1v) is 7.40. The molecule has 104 valence electrons. The van der Waals surface area contributed by atoms with Crippen LogP contribution in [0.1, 0.15) is 27.7 Å². The Labute approximate surface area is 123 Å². The van der Waals surface area contributed by atoms with Gasteiger partial charge in [-0.05, 0) is 25.4 Å². The molecular formula is C18H23BO. The Bertz CT molecular complexity index is 534. The molecule has 0 saturated heterocycles. The van der Waals surface area contributed by atoms with Crippen LogP contribution in [0.15, 0.2) is 54.6 Å². The molecule has 0 radical (unpaired) electrons. The summed E-state index contributed by atoms with van der Waals surface area (Å²) >= 11 is 0. The molecule has 0 aliphatic heterocycles. The van der Waals surface area contributed by atoms with Crippen LogP contribution in [0, 0.1) is 0 Å². The summed E-state index contributed by atoms with van der Waals surface area (Å²) in [5.41, 5.74) is 2.63. The molecule has 20 heavy (non-hydrogen) atoms. The first kappa shape index (κ1) is 14.7. The van der Waals surface area contributed by atoms with Gasteiger partial charge in [0.2, 0.25) is 6.71 Å². The van der Waals surface area contributed by atoms with E-state index < -0.39 is 0 Å². The van der Waals surface area contributed by atoms with Crippen LogP contribution in [-0.2, 0) is 0 Å². The van der Waals surface area contributed by atoms with Gasteiger partial charge in [-0.25, -0.2) is 0 Å². The highest BCUT2D eigenvalue weighted by atomic mass is 16.5. The van der Waals surface area contributed by atoms with E-state index in [4.69, 9.17) is 4.74 Å². The van der Waals surface area contributed by atoms with Crippen molar-refractivity contribution in [2.45, 2.75) is 39.6 Å². The highest BCUT2D eigenvalue weighted by Gasteiger charge is 2.25. The lowest BCUT2D eigenvalue weighted by Crippen LogP contribution is -2.45. The third-order valence-corrected chi connectivity index (χ3v) is 3.44. The zero-order valence-corrected chi connectivity index (χ0v) is 12.8. The summed E-state index contributed by atoms with van der Waals surface area (Å²) in [5, 5.41) is 0. The van der Waals surface area contributed by atoms with E-state index in [1.165, 1.54) is 10.9 Å². The van der Waals surface area contributed by atoms with Crippen molar-refractivity contribution in [2.75, 3.05) is 0 Å². The summed E-state index contributed by atoms with van der Waals surface area (Å²) in [6.07, 6.45) is 0.194. The number of benzene rings is 2. The maximum Gasteiger partial charge on any atom is 0.216 e. The van der Waals surface area contributed by atoms with Gasteiger partial charge in [0.1, 0.15) is 5.75 Å². The molecule has 0 amide bonds. The third kappa shape index (κ3) is 3.44. The van der Waals surface area contributed by atoms with E-state index in [-0.39, 0.29) is 6.10 Å². The van der Waals surface area contributed by atoms with E-state index >= 15 is 0 Å². The standard InChI is InChI=1S/C18H23BO/c1-14(2)19(16-10-6-5-7-11-16)17-12-8-9-13-18(17)20-15(3)4/h5-15H,1-4H3. The van der Waals surface area contributed by atoms with Gasteiger partial charge in [-0.1, -0.05) is 73.7 Å². The zero-order chi connectivity index (χ0) is 14.5. The van der Waals surface area contributed by atoms with Gasteiger partial charge in [-0.3, -0.25) is 0 Å². The highest BCUT2D eigenvalue weighted by Crippen LogP contribution is 2.16. The summed E-state index contributed by atoms with van der Waals surface area (Å²) in [5.74, 6) is 1.53. The van der Waals surface area contributed by atoms with E-state index in [9.17, 15) is 0 Å². The summed E-state index contributed by atoms with van der Waals surface area (Å²) in [6.45, 7) is 9.05. The smallest absolute Gasteiger partial charge is 0.216 e. The van der Waals surface area contributed by atoms with Crippen LogP contribution in [-0.4, -0.2) is 12.8 Å². The molecule has 2 rings (SSSR count). The predicted molar refractivity (Wildman–Crippen MR) is 88.8 cm³/mol. The fourth-order valence-corrected chi connectivity index (χ4v) is 2.68. The van der Waals surface area contributed by atoms with Crippen LogP contribution in [0.3, 0.4) is 0 Å². The average molecular weight is 266 g/mol. The molecule has 2 aromatic rings. The second-order valence-corrected chi connectivity index (χ2v) is 5.84. The Morgan fingerprint density at radius 3 is 2.00 bits per heavy atom. The lowest BCUT2D eigenvalue weighted by atomic mass is 9.34. The minimum absolute atomic E-state index is 0.194. The van der Waals surface area contributed by atoms with Crippen LogP contribution in [0.25, 0.3) is 0 Å². The normalized spacial score (nSPS) is 10.9. The number of ether oxygens (including phenoxy) is 1. The Hall–Kier alpha value is -1.70. The Kier molecular flexibility index (Phi) is 4.89. The minimum atomic E-state index is 0.194. The van der Waals surface area contributed by atoms with Gasteiger partial charge in [-0.15, -0.1) is 0 Å². The van der Waals surface area contributed by atoms with Crippen LogP contribution >= 0.6 is 0 Å². The van der Waals surface area contributed by atoms with Crippen molar-refractivity contribution in [3.63, 3.8) is 0 Å². The first-order chi connectivity index (χ1) is 9.59. The molecule has 0 aliphatic carbocycles. The summed E-state index contributed by atoms with van der Waals surface area (Å²) in [7, 11) is 0. The van der Waals surface area contributed by atoms with E-state index in [0.717, 1.165) is 5.75 Å². The fourth-order valence-electron chi connectivity index (χ4n) is 2.68. The van der Waals surface area contributed by atoms with Crippen molar-refractivity contribution in [1.29, 1.82) is 0 Å². The molecule has 0 aliphatic rings. The largest absolute Gasteiger partial charge is 0.492 e. The van der Waals surface area contributed by atoms with Gasteiger partial charge < -0.3 is 4.74 Å². The number of rotatable bonds is 5. The topological polar surface area (TPSA) is 9.23 Å². The van der Waals surface area contributed by atoms with Gasteiger partial charge in [-0.2, -0.15) is 0 Å². The van der Waals surface area contributed by atoms with E-state index in [2.05, 4.69) is 76.2 Å². The Morgan fingerprint density at radius 1 is 0.800 bits per heavy atom. The molecule has 1 nitrogen and oxygen atoms in total. The van der Waals surface area contributed by atoms with Gasteiger partial charge in [0.05, 0.1) is 6.10 Å². The van der Waals surface area contributed by atoms with Crippen LogP contribution in [0.2, 0.25) is 5.82 Å². The Balaban J connectivity index is 2.45. The van der Waals surface area contributed by atoms with Gasteiger partial charge >= 0.3 is 0 Å². The summed E-state index contributed by atoms with van der Waals surface area (Å²) in [4.78, 5) is 0. The van der Waals surface area contributed by atoms with Crippen molar-refractivity contribution in [2.24, 2.45) is 0 Å². The maximum atomic E-state index is 6.00. The fraction of sp³-hybridized carbons (Fsp3) is 0.333. The van der Waals surface area contributed by atoms with Crippen LogP contribution < -0.4 is 15.7 Å². The van der Waals surface area contributed by atoms with Crippen molar-refractivity contribution in [3.05, 3.63) is 54.6 Å². The van der Waals surface area contributed by atoms with Gasteiger partial charge in [0.25, 0.3) is 0 Å². The van der Waals surface area contributed by atoms with Crippen molar-refractivity contribution in [3.8, 4) is 5.75 Å². The molecule has 2 heteroatoms. The molecule has 0 atom stereocenters. The second kappa shape index (κ2) is 6.65. The second-order valence-electron chi connectivity index (χ2n) is 5.84. The lowest BCUT2D eigenvalue weighted by Gasteiger charge is -2.22. The van der Waals surface area contributed by atoms with E-state index in [1.54, 1.807) is 0 Å². The monoisotopic (exact) mass is 266 g/mol. The maximum absolute atomic E-state index is 6.00. The molecule has 0 fully saturated rings. The minimum Gasteiger partial charge on any atom is -0.492 e. The predicted octanol–water partition coefficient (Wildman–Crippen LogP) is 3.49. The SMILES string of the molecule is CC(C)Oc1ccccc1B(c1ccccc1)C(C)C. The van der Waals surface area contributed by atoms with Gasteiger partial charge in [0, 0.05) is 0 Å². The quantitative estimate of drug-likeness (QED) is 0.753. The lowest BCUT2D eigenvalue weighted by molar-refractivity contribution is 0.244. The third-order valence-electron chi connectivity index (χ3n) is 3.44.